The molecule has 0 fully saturated rings. The molecule has 0 aliphatic rings. The fourth-order valence-electron chi connectivity index (χ4n) is 1.85. The van der Waals surface area contributed by atoms with Gasteiger partial charge in [0.1, 0.15) is 0 Å². The molecule has 3 nitrogen and oxygen atoms in total. The Bertz CT molecular complexity index is 360. The highest BCUT2D eigenvalue weighted by Gasteiger charge is 2.12. The summed E-state index contributed by atoms with van der Waals surface area (Å²) in [6.45, 7) is 5.08. The Balaban J connectivity index is 2.56. The molecule has 0 saturated carbocycles. The molecule has 1 rings (SSSR count). The van der Waals surface area contributed by atoms with E-state index in [-0.39, 0.29) is 6.61 Å². The largest absolute Gasteiger partial charge is 0.394 e. The monoisotopic (exact) mass is 283 g/mol. The predicted molar refractivity (Wildman–Crippen MR) is 82.6 cm³/mol. The van der Waals surface area contributed by atoms with E-state index in [9.17, 15) is 5.11 Å². The predicted octanol–water partition coefficient (Wildman–Crippen LogP) is 2.12. The Morgan fingerprint density at radius 3 is 2.74 bits per heavy atom. The SMILES string of the molecule is CCCNC(CSCC(O)CO)c1cccc(C)c1. The summed E-state index contributed by atoms with van der Waals surface area (Å²) >= 11 is 1.67. The van der Waals surface area contributed by atoms with Gasteiger partial charge in [0.05, 0.1) is 12.7 Å². The van der Waals surface area contributed by atoms with Gasteiger partial charge in [-0.15, -0.1) is 0 Å². The molecule has 0 spiro atoms. The van der Waals surface area contributed by atoms with E-state index in [4.69, 9.17) is 5.11 Å². The molecule has 0 aliphatic heterocycles. The summed E-state index contributed by atoms with van der Waals surface area (Å²) in [5.41, 5.74) is 2.56. The van der Waals surface area contributed by atoms with Crippen molar-refractivity contribution >= 4 is 11.8 Å². The molecule has 0 amide bonds. The van der Waals surface area contributed by atoms with Crippen LogP contribution in [0.4, 0.5) is 0 Å². The summed E-state index contributed by atoms with van der Waals surface area (Å²) in [4.78, 5) is 0. The zero-order valence-electron chi connectivity index (χ0n) is 11.8. The number of aryl methyl sites for hydroxylation is 1. The van der Waals surface area contributed by atoms with Gasteiger partial charge < -0.3 is 15.5 Å². The van der Waals surface area contributed by atoms with E-state index in [1.165, 1.54) is 11.1 Å². The molecule has 4 heteroatoms. The van der Waals surface area contributed by atoms with Crippen LogP contribution in [0.5, 0.6) is 0 Å². The molecular formula is C15H25NO2S. The summed E-state index contributed by atoms with van der Waals surface area (Å²) in [6, 6.07) is 8.83. The van der Waals surface area contributed by atoms with Gasteiger partial charge in [0.2, 0.25) is 0 Å². The minimum atomic E-state index is -0.616. The molecule has 108 valence electrons. The van der Waals surface area contributed by atoms with Crippen LogP contribution in [0.25, 0.3) is 0 Å². The number of aliphatic hydroxyl groups excluding tert-OH is 2. The second kappa shape index (κ2) is 9.37. The molecule has 0 heterocycles. The molecule has 2 atom stereocenters. The van der Waals surface area contributed by atoms with Crippen LogP contribution in [0.2, 0.25) is 0 Å². The van der Waals surface area contributed by atoms with Gasteiger partial charge in [-0.2, -0.15) is 11.8 Å². The number of hydrogen-bond acceptors (Lipinski definition) is 4. The van der Waals surface area contributed by atoms with Crippen LogP contribution in [0.3, 0.4) is 0 Å². The number of hydrogen-bond donors (Lipinski definition) is 3. The van der Waals surface area contributed by atoms with Gasteiger partial charge in [-0.1, -0.05) is 36.8 Å². The highest BCUT2D eigenvalue weighted by Crippen LogP contribution is 2.20. The van der Waals surface area contributed by atoms with Crippen LogP contribution in [-0.4, -0.2) is 41.0 Å². The Morgan fingerprint density at radius 1 is 1.32 bits per heavy atom. The van der Waals surface area contributed by atoms with E-state index in [1.54, 1.807) is 11.8 Å². The van der Waals surface area contributed by atoms with Crippen LogP contribution in [-0.2, 0) is 0 Å². The molecule has 0 bridgehead atoms. The van der Waals surface area contributed by atoms with Crippen LogP contribution in [0.15, 0.2) is 24.3 Å². The zero-order chi connectivity index (χ0) is 14.1. The first-order valence-corrected chi connectivity index (χ1v) is 7.99. The first-order valence-electron chi connectivity index (χ1n) is 6.84. The van der Waals surface area contributed by atoms with Crippen molar-refractivity contribution < 1.29 is 10.2 Å². The highest BCUT2D eigenvalue weighted by atomic mass is 32.2. The van der Waals surface area contributed by atoms with Gasteiger partial charge >= 0.3 is 0 Å². The van der Waals surface area contributed by atoms with Crippen LogP contribution in [0.1, 0.15) is 30.5 Å². The molecule has 0 aliphatic carbocycles. The fourth-order valence-corrected chi connectivity index (χ4v) is 2.91. The maximum atomic E-state index is 9.37. The number of nitrogens with one attached hydrogen (secondary N) is 1. The number of rotatable bonds is 9. The van der Waals surface area contributed by atoms with Crippen molar-refractivity contribution in [2.75, 3.05) is 24.7 Å². The summed E-state index contributed by atoms with van der Waals surface area (Å²) in [6.07, 6.45) is 0.487. The maximum Gasteiger partial charge on any atom is 0.0861 e. The maximum absolute atomic E-state index is 9.37. The molecule has 0 aromatic heterocycles. The van der Waals surface area contributed by atoms with Crippen molar-refractivity contribution in [3.8, 4) is 0 Å². The van der Waals surface area contributed by atoms with Crippen molar-refractivity contribution in [1.82, 2.24) is 5.32 Å². The Hall–Kier alpha value is -0.550. The normalized spacial score (nSPS) is 14.3. The molecule has 2 unspecified atom stereocenters. The number of aliphatic hydroxyl groups is 2. The molecule has 3 N–H and O–H groups in total. The van der Waals surface area contributed by atoms with E-state index in [0.29, 0.717) is 11.8 Å². The van der Waals surface area contributed by atoms with E-state index in [2.05, 4.69) is 43.4 Å². The minimum Gasteiger partial charge on any atom is -0.394 e. The lowest BCUT2D eigenvalue weighted by Crippen LogP contribution is -2.25. The average Bonchev–Trinajstić information content (AvgIpc) is 2.42. The molecule has 0 saturated heterocycles. The first kappa shape index (κ1) is 16.5. The minimum absolute atomic E-state index is 0.162. The summed E-state index contributed by atoms with van der Waals surface area (Å²) in [5.74, 6) is 1.48. The lowest BCUT2D eigenvalue weighted by molar-refractivity contribution is 0.113. The highest BCUT2D eigenvalue weighted by molar-refractivity contribution is 7.99. The van der Waals surface area contributed by atoms with Gasteiger partial charge in [-0.3, -0.25) is 0 Å². The third-order valence-corrected chi connectivity index (χ3v) is 4.08. The second-order valence-corrected chi connectivity index (χ2v) is 5.87. The average molecular weight is 283 g/mol. The van der Waals surface area contributed by atoms with Crippen molar-refractivity contribution in [2.45, 2.75) is 32.4 Å². The fraction of sp³-hybridized carbons (Fsp3) is 0.600. The van der Waals surface area contributed by atoms with Crippen molar-refractivity contribution in [3.63, 3.8) is 0 Å². The summed E-state index contributed by atoms with van der Waals surface area (Å²) in [7, 11) is 0. The van der Waals surface area contributed by atoms with E-state index in [1.807, 2.05) is 0 Å². The van der Waals surface area contributed by atoms with Crippen molar-refractivity contribution in [3.05, 3.63) is 35.4 Å². The number of benzene rings is 1. The van der Waals surface area contributed by atoms with Crippen LogP contribution >= 0.6 is 11.8 Å². The smallest absolute Gasteiger partial charge is 0.0861 e. The van der Waals surface area contributed by atoms with Crippen molar-refractivity contribution in [2.24, 2.45) is 0 Å². The van der Waals surface area contributed by atoms with Gasteiger partial charge in [0.25, 0.3) is 0 Å². The third kappa shape index (κ3) is 6.43. The Kier molecular flexibility index (Phi) is 8.14. The quantitative estimate of drug-likeness (QED) is 0.650. The Morgan fingerprint density at radius 2 is 2.11 bits per heavy atom. The molecule has 19 heavy (non-hydrogen) atoms. The van der Waals surface area contributed by atoms with Crippen LogP contribution in [0, 0.1) is 6.92 Å². The van der Waals surface area contributed by atoms with Crippen molar-refractivity contribution in [1.29, 1.82) is 0 Å². The summed E-state index contributed by atoms with van der Waals surface area (Å²) in [5, 5.41) is 21.7. The van der Waals surface area contributed by atoms with Crippen LogP contribution < -0.4 is 5.32 Å². The van der Waals surface area contributed by atoms with E-state index < -0.39 is 6.10 Å². The second-order valence-electron chi connectivity index (χ2n) is 4.79. The lowest BCUT2D eigenvalue weighted by Gasteiger charge is -2.19. The zero-order valence-corrected chi connectivity index (χ0v) is 12.6. The molecule has 1 aromatic rings. The topological polar surface area (TPSA) is 52.5 Å². The third-order valence-electron chi connectivity index (χ3n) is 2.89. The van der Waals surface area contributed by atoms with Gasteiger partial charge in [0.15, 0.2) is 0 Å². The summed E-state index contributed by atoms with van der Waals surface area (Å²) < 4.78 is 0. The van der Waals surface area contributed by atoms with Gasteiger partial charge in [-0.25, -0.2) is 0 Å². The first-order chi connectivity index (χ1) is 9.17. The van der Waals surface area contributed by atoms with E-state index in [0.717, 1.165) is 18.7 Å². The number of thioether (sulfide) groups is 1. The molecule has 1 aromatic carbocycles. The molecule has 0 radical (unpaired) electrons. The lowest BCUT2D eigenvalue weighted by atomic mass is 10.1. The Labute approximate surface area is 120 Å². The molecular weight excluding hydrogens is 258 g/mol. The van der Waals surface area contributed by atoms with Gasteiger partial charge in [-0.05, 0) is 25.5 Å². The standard InChI is InChI=1S/C15H25NO2S/c1-3-7-16-15(11-19-10-14(18)9-17)13-6-4-5-12(2)8-13/h4-6,8,14-18H,3,7,9-11H2,1-2H3. The van der Waals surface area contributed by atoms with Gasteiger partial charge in [0, 0.05) is 17.5 Å². The van der Waals surface area contributed by atoms with E-state index >= 15 is 0 Å².